The molecule has 0 saturated heterocycles. The Kier molecular flexibility index (Phi) is 23.1. The van der Waals surface area contributed by atoms with E-state index in [4.69, 9.17) is 0 Å². The number of benzene rings is 24. The van der Waals surface area contributed by atoms with Crippen molar-refractivity contribution >= 4 is 168 Å². The van der Waals surface area contributed by atoms with Crippen LogP contribution in [-0.4, -0.2) is 25.3 Å². The molecule has 26 aromatic rings. The Morgan fingerprint density at radius 3 is 0.799 bits per heavy atom. The predicted octanol–water partition coefficient (Wildman–Crippen LogP) is 31.1. The second kappa shape index (κ2) is 38.1. The average molecular weight is 1870 g/mol. The number of nitrogens with zero attached hydrogens (tertiary/aromatic N) is 4. The summed E-state index contributed by atoms with van der Waals surface area (Å²) in [5.41, 5.74) is 25.6. The third-order valence-electron chi connectivity index (χ3n) is 29.3. The smallest absolute Gasteiger partial charge is 0.179 e. The lowest BCUT2D eigenvalue weighted by Crippen LogP contribution is -2.74. The number of para-hydroxylation sites is 3. The van der Waals surface area contributed by atoms with Gasteiger partial charge in [0.15, 0.2) is 16.1 Å². The monoisotopic (exact) mass is 1870 g/mol. The highest BCUT2D eigenvalue weighted by atomic mass is 28.3. The lowest BCUT2D eigenvalue weighted by atomic mass is 9.98. The zero-order chi connectivity index (χ0) is 95.7. The van der Waals surface area contributed by atoms with Crippen LogP contribution in [0.4, 0.5) is 34.1 Å². The minimum atomic E-state index is -2.83. The third-order valence-corrected chi connectivity index (χ3v) is 38.9. The minimum Gasteiger partial charge on any atom is -0.311 e. The van der Waals surface area contributed by atoms with Crippen molar-refractivity contribution < 1.29 is 0 Å². The van der Waals surface area contributed by atoms with Gasteiger partial charge >= 0.3 is 0 Å². The van der Waals surface area contributed by atoms with Crippen LogP contribution >= 0.6 is 0 Å². The van der Waals surface area contributed by atoms with Crippen LogP contribution in [0.5, 0.6) is 0 Å². The van der Waals surface area contributed by atoms with Crippen molar-refractivity contribution in [3.05, 3.63) is 595 Å². The van der Waals surface area contributed by atoms with Crippen molar-refractivity contribution in [2.45, 2.75) is 0 Å². The molecule has 0 unspecified atom stereocenters. The number of hydrogen-bond donors (Lipinski definition) is 0. The molecule has 0 radical (unpaired) electrons. The van der Waals surface area contributed by atoms with Crippen LogP contribution in [0.15, 0.2) is 595 Å². The van der Waals surface area contributed by atoms with Gasteiger partial charge in [0, 0.05) is 67.0 Å². The molecule has 0 aliphatic rings. The zero-order valence-corrected chi connectivity index (χ0v) is 81.4. The normalized spacial score (nSPS) is 11.6. The highest BCUT2D eigenvalue weighted by Crippen LogP contribution is 2.46. The van der Waals surface area contributed by atoms with E-state index in [1.54, 1.807) is 0 Å². The molecule has 24 aromatic carbocycles. The van der Waals surface area contributed by atoms with E-state index in [1.165, 1.54) is 173 Å². The first-order valence-corrected chi connectivity index (χ1v) is 53.7. The van der Waals surface area contributed by atoms with Gasteiger partial charge in [-0.3, -0.25) is 0 Å². The fourth-order valence-electron chi connectivity index (χ4n) is 22.7. The Bertz CT molecular complexity index is 8970. The van der Waals surface area contributed by atoms with E-state index >= 15 is 0 Å². The maximum atomic E-state index is 2.45. The maximum absolute atomic E-state index is 2.83. The number of anilines is 6. The highest BCUT2D eigenvalue weighted by molar-refractivity contribution is 7.20. The molecule has 0 spiro atoms. The van der Waals surface area contributed by atoms with Gasteiger partial charge in [0.05, 0.1) is 22.1 Å². The molecule has 0 atom stereocenters. The minimum absolute atomic E-state index is 1.08. The van der Waals surface area contributed by atoms with Crippen LogP contribution < -0.4 is 51.3 Å². The van der Waals surface area contributed by atoms with Crippen LogP contribution in [0.1, 0.15) is 0 Å². The summed E-state index contributed by atoms with van der Waals surface area (Å²) in [6.45, 7) is 0. The predicted molar refractivity (Wildman–Crippen MR) is 618 cm³/mol. The van der Waals surface area contributed by atoms with E-state index < -0.39 is 16.1 Å². The fraction of sp³-hybridized carbons (Fsp3) is 0. The van der Waals surface area contributed by atoms with Crippen LogP contribution in [0.3, 0.4) is 0 Å². The van der Waals surface area contributed by atoms with Crippen molar-refractivity contribution in [3.63, 3.8) is 0 Å². The molecule has 0 amide bonds. The van der Waals surface area contributed by atoms with E-state index in [-0.39, 0.29) is 0 Å². The van der Waals surface area contributed by atoms with Gasteiger partial charge in [-0.2, -0.15) is 0 Å². The summed E-state index contributed by atoms with van der Waals surface area (Å²) in [7, 11) is -5.56. The Labute approximate surface area is 841 Å². The topological polar surface area (TPSA) is 16.3 Å². The number of aromatic nitrogens is 2. The first kappa shape index (κ1) is 87.2. The van der Waals surface area contributed by atoms with Gasteiger partial charge in [-0.15, -0.1) is 0 Å². The SMILES string of the molecule is c1ccc(-c2cccc(-n3c4ccccc4c4c(-c5ccc(N(c6ccc(-c7cccc8ccccc78)cc6)c6ccc([Si](c7ccccc7)(c7ccccc7)c7ccccc7)cc6)cc5)cccc43)c2)cc1.c1ccc(-n2c3ccccc3c3c(-c4ccc(N(c5ccc(-c6cccc7ccccc67)cc5)c5ccc([Si](c6ccccc6)(c6ccccc6)c6ccc7ccccc7c6)cc5)cc4)cccc32)cc1. The summed E-state index contributed by atoms with van der Waals surface area (Å²) in [6.07, 6.45) is 0. The summed E-state index contributed by atoms with van der Waals surface area (Å²) >= 11 is 0. The first-order chi connectivity index (χ1) is 71.4. The van der Waals surface area contributed by atoms with Crippen LogP contribution in [-0.2, 0) is 0 Å². The van der Waals surface area contributed by atoms with Crippen molar-refractivity contribution in [1.82, 2.24) is 9.13 Å². The second-order valence-electron chi connectivity index (χ2n) is 37.3. The molecule has 26 rings (SSSR count). The van der Waals surface area contributed by atoms with Crippen LogP contribution in [0.2, 0.25) is 0 Å². The van der Waals surface area contributed by atoms with Gasteiger partial charge in [0.25, 0.3) is 0 Å². The molecule has 0 aliphatic heterocycles. The zero-order valence-electron chi connectivity index (χ0n) is 79.4. The second-order valence-corrected chi connectivity index (χ2v) is 44.9. The lowest BCUT2D eigenvalue weighted by Gasteiger charge is -2.35. The van der Waals surface area contributed by atoms with Crippen molar-refractivity contribution in [2.24, 2.45) is 0 Å². The Hall–Kier alpha value is -18.3. The van der Waals surface area contributed by atoms with Gasteiger partial charge in [-0.05, 0) is 251 Å². The van der Waals surface area contributed by atoms with E-state index in [2.05, 4.69) is 613 Å². The highest BCUT2D eigenvalue weighted by Gasteiger charge is 2.43. The molecule has 2 aromatic heterocycles. The molecule has 0 fully saturated rings. The Morgan fingerprint density at radius 1 is 0.139 bits per heavy atom. The molecule has 0 bridgehead atoms. The molecule has 0 N–H and O–H groups in total. The number of hydrogen-bond acceptors (Lipinski definition) is 2. The molecular weight excluding hydrogens is 1770 g/mol. The van der Waals surface area contributed by atoms with Gasteiger partial charge in [0.1, 0.15) is 0 Å². The van der Waals surface area contributed by atoms with Gasteiger partial charge in [-0.25, -0.2) is 0 Å². The quantitative estimate of drug-likeness (QED) is 0.0527. The molecule has 2 heterocycles. The largest absolute Gasteiger partial charge is 0.311 e. The Balaban J connectivity index is 0.000000151. The summed E-state index contributed by atoms with van der Waals surface area (Å²) in [6, 6.07) is 219. The van der Waals surface area contributed by atoms with Crippen molar-refractivity contribution in [1.29, 1.82) is 0 Å². The number of fused-ring (bicyclic) bond motifs is 9. The molecule has 4 nitrogen and oxygen atoms in total. The summed E-state index contributed by atoms with van der Waals surface area (Å²) < 4.78 is 4.82. The van der Waals surface area contributed by atoms with E-state index in [0.717, 1.165) is 45.5 Å². The summed E-state index contributed by atoms with van der Waals surface area (Å²) in [4.78, 5) is 4.82. The summed E-state index contributed by atoms with van der Waals surface area (Å²) in [5.74, 6) is 0. The average Bonchev–Trinajstić information content (AvgIpc) is 1.20. The summed E-state index contributed by atoms with van der Waals surface area (Å²) in [5, 5.41) is 23.3. The molecule has 0 aliphatic carbocycles. The standard InChI is InChI=1S/C70H50N2Si.C68H48N2Si/c1-5-20-51(21-6-1)55-24-17-25-59(50-55)72-68-36-16-15-33-67(68)70-66(35-19-37-69(70)72)54-40-44-57(45-41-54)71(56-42-38-53(39-43-56)65-34-18-23-52-22-13-14-32-64(52)65)58-46-48-63(49-47-58)73(60-26-7-2-8-27-60,61-28-9-3-10-29-61)62-30-11-4-12-31-62;1-4-22-54(23-5-1)70-66-32-15-14-29-65(66)68-64(31-17-33-67(68)70)52-36-41-56(42-37-52)69(55-39-34-51(35-40-55)63-30-16-21-50-19-12-13-28-62(50)63)57-43-46-60(47-44-57)71(58-24-6-2-7-25-58,59-26-8-3-9-27-59)61-45-38-49-18-10-11-20-53(49)48-61/h1-50H;1-48H. The van der Waals surface area contributed by atoms with Gasteiger partial charge < -0.3 is 18.9 Å². The molecule has 0 saturated carbocycles. The Morgan fingerprint density at radius 2 is 0.396 bits per heavy atom. The fourth-order valence-corrected chi connectivity index (χ4v) is 32.2. The van der Waals surface area contributed by atoms with Gasteiger partial charge in [-0.1, -0.05) is 473 Å². The first-order valence-electron chi connectivity index (χ1n) is 49.7. The van der Waals surface area contributed by atoms with E-state index in [9.17, 15) is 0 Å². The van der Waals surface area contributed by atoms with E-state index in [0.29, 0.717) is 0 Å². The van der Waals surface area contributed by atoms with E-state index in [1.807, 2.05) is 0 Å². The van der Waals surface area contributed by atoms with Crippen molar-refractivity contribution in [2.75, 3.05) is 9.80 Å². The van der Waals surface area contributed by atoms with Crippen LogP contribution in [0.25, 0.3) is 143 Å². The number of rotatable bonds is 21. The van der Waals surface area contributed by atoms with Gasteiger partial charge in [0.2, 0.25) is 0 Å². The maximum Gasteiger partial charge on any atom is 0.179 e. The van der Waals surface area contributed by atoms with Crippen LogP contribution in [0, 0.1) is 0 Å². The van der Waals surface area contributed by atoms with Crippen molar-refractivity contribution in [3.8, 4) is 67.0 Å². The molecule has 144 heavy (non-hydrogen) atoms. The molecule has 6 heteroatoms. The molecule has 678 valence electrons. The third kappa shape index (κ3) is 15.8. The molecular formula is C138H98N4Si2. The lowest BCUT2D eigenvalue weighted by molar-refractivity contribution is 1.18.